The molecular formula is C13H13N3O3S. The maximum absolute atomic E-state index is 11.7. The summed E-state index contributed by atoms with van der Waals surface area (Å²) in [5.41, 5.74) is 6.31. The molecule has 0 spiro atoms. The number of primary amides is 1. The molecule has 0 aliphatic rings. The van der Waals surface area contributed by atoms with Crippen LogP contribution < -0.4 is 16.2 Å². The van der Waals surface area contributed by atoms with Crippen LogP contribution in [-0.4, -0.2) is 14.4 Å². The van der Waals surface area contributed by atoms with Gasteiger partial charge in [0.2, 0.25) is 10.0 Å². The first-order valence-corrected chi connectivity index (χ1v) is 7.22. The molecule has 0 aliphatic carbocycles. The second kappa shape index (κ2) is 5.32. The number of primary sulfonamides is 1. The second-order valence-corrected chi connectivity index (χ2v) is 5.61. The number of rotatable bonds is 3. The van der Waals surface area contributed by atoms with Crippen LogP contribution in [0, 0.1) is 0 Å². The Labute approximate surface area is 116 Å². The summed E-state index contributed by atoms with van der Waals surface area (Å²) >= 11 is 0. The third-order valence-electron chi connectivity index (χ3n) is 2.65. The van der Waals surface area contributed by atoms with Crippen LogP contribution in [0.15, 0.2) is 53.4 Å². The number of carbonyl (C=O) groups excluding carboxylic acids is 1. The van der Waals surface area contributed by atoms with Gasteiger partial charge in [0.15, 0.2) is 0 Å². The molecule has 0 radical (unpaired) electrons. The molecule has 0 aliphatic heterocycles. The highest BCUT2D eigenvalue weighted by atomic mass is 32.2. The van der Waals surface area contributed by atoms with Crippen LogP contribution in [0.3, 0.4) is 0 Å². The smallest absolute Gasteiger partial charge is 0.316 e. The number of urea groups is 1. The quantitative estimate of drug-likeness (QED) is 0.795. The Morgan fingerprint density at radius 3 is 2.20 bits per heavy atom. The Kier molecular flexibility index (Phi) is 3.73. The number of amides is 2. The van der Waals surface area contributed by atoms with E-state index < -0.39 is 16.1 Å². The number of benzene rings is 2. The number of nitrogens with two attached hydrogens (primary N) is 2. The van der Waals surface area contributed by atoms with Crippen molar-refractivity contribution in [2.75, 3.05) is 5.32 Å². The van der Waals surface area contributed by atoms with Crippen molar-refractivity contribution in [3.8, 4) is 11.1 Å². The molecule has 104 valence electrons. The maximum Gasteiger partial charge on any atom is 0.316 e. The van der Waals surface area contributed by atoms with Crippen LogP contribution in [0.1, 0.15) is 0 Å². The average Bonchev–Trinajstić information content (AvgIpc) is 2.38. The number of nitrogens with one attached hydrogen (secondary N) is 1. The Hall–Kier alpha value is -2.38. The van der Waals surface area contributed by atoms with Crippen molar-refractivity contribution in [2.45, 2.75) is 4.90 Å². The average molecular weight is 291 g/mol. The Morgan fingerprint density at radius 1 is 1.00 bits per heavy atom. The van der Waals surface area contributed by atoms with E-state index in [1.165, 1.54) is 12.1 Å². The largest absolute Gasteiger partial charge is 0.351 e. The first kappa shape index (κ1) is 14.0. The predicted molar refractivity (Wildman–Crippen MR) is 76.5 cm³/mol. The molecule has 0 unspecified atom stereocenters. The fraction of sp³-hybridized carbons (Fsp3) is 0. The lowest BCUT2D eigenvalue weighted by Crippen LogP contribution is -2.21. The van der Waals surface area contributed by atoms with Crippen molar-refractivity contribution in [1.82, 2.24) is 0 Å². The number of hydrogen-bond acceptors (Lipinski definition) is 3. The fourth-order valence-electron chi connectivity index (χ4n) is 1.91. The van der Waals surface area contributed by atoms with E-state index in [1.54, 1.807) is 36.4 Å². The van der Waals surface area contributed by atoms with Crippen LogP contribution in [0.25, 0.3) is 11.1 Å². The molecule has 7 heteroatoms. The number of hydrogen-bond donors (Lipinski definition) is 3. The molecule has 2 aromatic rings. The van der Waals surface area contributed by atoms with E-state index in [9.17, 15) is 13.2 Å². The van der Waals surface area contributed by atoms with Gasteiger partial charge in [0.1, 0.15) is 0 Å². The van der Waals surface area contributed by atoms with E-state index in [4.69, 9.17) is 10.9 Å². The molecule has 2 amide bonds. The molecule has 0 atom stereocenters. The third kappa shape index (κ3) is 2.95. The number of carbonyl (C=O) groups is 1. The number of anilines is 1. The van der Waals surface area contributed by atoms with Crippen LogP contribution in [0.5, 0.6) is 0 Å². The fourth-order valence-corrected chi connectivity index (χ4v) is 2.69. The zero-order chi connectivity index (χ0) is 14.8. The summed E-state index contributed by atoms with van der Waals surface area (Å²) in [4.78, 5) is 11.0. The minimum Gasteiger partial charge on any atom is -0.351 e. The topological polar surface area (TPSA) is 115 Å². The zero-order valence-electron chi connectivity index (χ0n) is 10.4. The van der Waals surface area contributed by atoms with Crippen molar-refractivity contribution in [3.05, 3.63) is 48.5 Å². The van der Waals surface area contributed by atoms with Gasteiger partial charge in [-0.05, 0) is 17.7 Å². The highest BCUT2D eigenvalue weighted by molar-refractivity contribution is 7.89. The highest BCUT2D eigenvalue weighted by Gasteiger charge is 2.19. The monoisotopic (exact) mass is 291 g/mol. The maximum atomic E-state index is 11.7. The molecule has 0 bridgehead atoms. The van der Waals surface area contributed by atoms with E-state index in [0.29, 0.717) is 11.1 Å². The van der Waals surface area contributed by atoms with Gasteiger partial charge in [0.05, 0.1) is 10.6 Å². The Bertz CT molecular complexity index is 743. The highest BCUT2D eigenvalue weighted by Crippen LogP contribution is 2.33. The molecule has 0 aromatic heterocycles. The molecule has 0 saturated carbocycles. The van der Waals surface area contributed by atoms with Crippen LogP contribution in [0.4, 0.5) is 10.5 Å². The van der Waals surface area contributed by atoms with Gasteiger partial charge in [0.25, 0.3) is 0 Å². The Balaban J connectivity index is 2.75. The van der Waals surface area contributed by atoms with Crippen LogP contribution >= 0.6 is 0 Å². The molecular weight excluding hydrogens is 278 g/mol. The summed E-state index contributed by atoms with van der Waals surface area (Å²) in [5.74, 6) is 0. The van der Waals surface area contributed by atoms with Crippen molar-refractivity contribution in [3.63, 3.8) is 0 Å². The molecule has 2 rings (SSSR count). The zero-order valence-corrected chi connectivity index (χ0v) is 11.2. The van der Waals surface area contributed by atoms with Crippen molar-refractivity contribution in [1.29, 1.82) is 0 Å². The lowest BCUT2D eigenvalue weighted by Gasteiger charge is -2.13. The summed E-state index contributed by atoms with van der Waals surface area (Å²) in [6, 6.07) is 12.4. The molecule has 2 aromatic carbocycles. The van der Waals surface area contributed by atoms with Crippen molar-refractivity contribution < 1.29 is 13.2 Å². The molecule has 5 N–H and O–H groups in total. The van der Waals surface area contributed by atoms with Gasteiger partial charge in [-0.15, -0.1) is 0 Å². The van der Waals surface area contributed by atoms with Crippen LogP contribution in [0.2, 0.25) is 0 Å². The molecule has 0 saturated heterocycles. The SMILES string of the molecule is NC(=O)Nc1cccc(S(N)(=O)=O)c1-c1ccccc1. The summed E-state index contributed by atoms with van der Waals surface area (Å²) < 4.78 is 23.4. The molecule has 6 nitrogen and oxygen atoms in total. The summed E-state index contributed by atoms with van der Waals surface area (Å²) in [7, 11) is -3.93. The second-order valence-electron chi connectivity index (χ2n) is 4.08. The van der Waals surface area contributed by atoms with Gasteiger partial charge in [-0.25, -0.2) is 18.4 Å². The van der Waals surface area contributed by atoms with E-state index in [1.807, 2.05) is 0 Å². The standard InChI is InChI=1S/C13H13N3O3S/c14-13(17)16-10-7-4-8-11(20(15,18)19)12(10)9-5-2-1-3-6-9/h1-8H,(H3,14,16,17)(H2,15,18,19). The minimum absolute atomic E-state index is 0.0741. The van der Waals surface area contributed by atoms with Gasteiger partial charge >= 0.3 is 6.03 Å². The third-order valence-corrected chi connectivity index (χ3v) is 3.61. The minimum atomic E-state index is -3.93. The van der Waals surface area contributed by atoms with Crippen LogP contribution in [-0.2, 0) is 10.0 Å². The molecule has 0 fully saturated rings. The lowest BCUT2D eigenvalue weighted by molar-refractivity contribution is 0.259. The van der Waals surface area contributed by atoms with Crippen molar-refractivity contribution in [2.24, 2.45) is 10.9 Å². The summed E-state index contributed by atoms with van der Waals surface area (Å²) in [6.07, 6.45) is 0. The van der Waals surface area contributed by atoms with Gasteiger partial charge in [-0.2, -0.15) is 0 Å². The summed E-state index contributed by atoms with van der Waals surface area (Å²) in [5, 5.41) is 7.63. The van der Waals surface area contributed by atoms with E-state index >= 15 is 0 Å². The summed E-state index contributed by atoms with van der Waals surface area (Å²) in [6.45, 7) is 0. The van der Waals surface area contributed by atoms with Gasteiger partial charge < -0.3 is 11.1 Å². The molecule has 0 heterocycles. The lowest BCUT2D eigenvalue weighted by atomic mass is 10.0. The predicted octanol–water partition coefficient (Wildman–Crippen LogP) is 1.49. The Morgan fingerprint density at radius 2 is 1.65 bits per heavy atom. The van der Waals surface area contributed by atoms with Gasteiger partial charge in [-0.3, -0.25) is 0 Å². The molecule has 20 heavy (non-hydrogen) atoms. The van der Waals surface area contributed by atoms with Gasteiger partial charge in [-0.1, -0.05) is 36.4 Å². The van der Waals surface area contributed by atoms with E-state index in [2.05, 4.69) is 5.32 Å². The normalized spacial score (nSPS) is 11.1. The van der Waals surface area contributed by atoms with Crippen molar-refractivity contribution >= 4 is 21.7 Å². The van der Waals surface area contributed by atoms with E-state index in [0.717, 1.165) is 0 Å². The van der Waals surface area contributed by atoms with E-state index in [-0.39, 0.29) is 10.6 Å². The first-order valence-electron chi connectivity index (χ1n) is 5.67. The first-order chi connectivity index (χ1) is 9.39. The number of sulfonamides is 1. The van der Waals surface area contributed by atoms with Gasteiger partial charge in [0, 0.05) is 5.56 Å².